The Balaban J connectivity index is 4.45. The van der Waals surface area contributed by atoms with Gasteiger partial charge in [0.25, 0.3) is 0 Å². The second-order valence-corrected chi connectivity index (χ2v) is 20.3. The minimum atomic E-state index is -0.796. The standard InChI is InChI=1S/C68H114O6/c1-4-7-10-13-16-19-22-25-28-31-34-37-40-43-46-49-52-55-58-61-67(70)73-64-65(63-72-66(69)60-57-54-51-48-45-42-39-36-33-30-27-24-21-18-15-12-9-6-3)74-68(71)62-59-56-53-50-47-44-41-38-35-32-29-26-23-20-17-14-11-8-5-2/h7,10,16-21,23-28,30,33,36,39,65H,4-6,8-9,11-15,22,29,31-32,34-35,37-38,40-64H2,1-3H3/b10-7-,19-16-,20-17-,21-18-,26-23-,27-24-,28-25-,33-30-,39-36-. The van der Waals surface area contributed by atoms with Gasteiger partial charge < -0.3 is 14.2 Å². The van der Waals surface area contributed by atoms with Crippen molar-refractivity contribution in [1.29, 1.82) is 0 Å². The molecule has 0 aromatic heterocycles. The molecule has 0 heterocycles. The maximum atomic E-state index is 12.9. The summed E-state index contributed by atoms with van der Waals surface area (Å²) in [5.41, 5.74) is 0. The zero-order chi connectivity index (χ0) is 53.6. The zero-order valence-electron chi connectivity index (χ0n) is 48.3. The molecule has 6 nitrogen and oxygen atoms in total. The molecule has 0 aliphatic heterocycles. The summed E-state index contributed by atoms with van der Waals surface area (Å²) in [6.45, 7) is 6.46. The number of ether oxygens (including phenoxy) is 3. The molecule has 0 saturated carbocycles. The highest BCUT2D eigenvalue weighted by Crippen LogP contribution is 2.16. The highest BCUT2D eigenvalue weighted by molar-refractivity contribution is 5.71. The molecule has 0 bridgehead atoms. The Kier molecular flexibility index (Phi) is 58.3. The molecule has 0 N–H and O–H groups in total. The molecular formula is C68H114O6. The molecule has 1 atom stereocenters. The first-order valence-electron chi connectivity index (χ1n) is 31.0. The fraction of sp³-hybridized carbons (Fsp3) is 0.691. The van der Waals surface area contributed by atoms with E-state index in [9.17, 15) is 14.4 Å². The average Bonchev–Trinajstić information content (AvgIpc) is 3.40. The van der Waals surface area contributed by atoms with Crippen molar-refractivity contribution in [2.75, 3.05) is 13.2 Å². The molecule has 6 heteroatoms. The van der Waals surface area contributed by atoms with Crippen LogP contribution in [0.3, 0.4) is 0 Å². The lowest BCUT2D eigenvalue weighted by molar-refractivity contribution is -0.167. The van der Waals surface area contributed by atoms with Crippen molar-refractivity contribution in [1.82, 2.24) is 0 Å². The van der Waals surface area contributed by atoms with E-state index >= 15 is 0 Å². The summed E-state index contributed by atoms with van der Waals surface area (Å²) in [5.74, 6) is -0.917. The fourth-order valence-electron chi connectivity index (χ4n) is 8.46. The third kappa shape index (κ3) is 59.0. The summed E-state index contributed by atoms with van der Waals surface area (Å²) in [7, 11) is 0. The van der Waals surface area contributed by atoms with Crippen molar-refractivity contribution in [3.05, 3.63) is 109 Å². The second-order valence-electron chi connectivity index (χ2n) is 20.3. The molecule has 0 fully saturated rings. The highest BCUT2D eigenvalue weighted by atomic mass is 16.6. The van der Waals surface area contributed by atoms with E-state index in [0.717, 1.165) is 103 Å². The largest absolute Gasteiger partial charge is 0.462 e. The predicted octanol–water partition coefficient (Wildman–Crippen LogP) is 21.0. The van der Waals surface area contributed by atoms with E-state index in [1.165, 1.54) is 141 Å². The fourth-order valence-corrected chi connectivity index (χ4v) is 8.46. The molecular weight excluding hydrogens is 913 g/mol. The van der Waals surface area contributed by atoms with Crippen LogP contribution < -0.4 is 0 Å². The smallest absolute Gasteiger partial charge is 0.306 e. The van der Waals surface area contributed by atoms with Gasteiger partial charge >= 0.3 is 17.9 Å². The normalized spacial score (nSPS) is 12.9. The lowest BCUT2D eigenvalue weighted by Gasteiger charge is -2.18. The van der Waals surface area contributed by atoms with Crippen LogP contribution in [0.15, 0.2) is 109 Å². The third-order valence-corrected chi connectivity index (χ3v) is 13.1. The maximum absolute atomic E-state index is 12.9. The summed E-state index contributed by atoms with van der Waals surface area (Å²) < 4.78 is 16.9. The average molecular weight is 1030 g/mol. The summed E-state index contributed by atoms with van der Waals surface area (Å²) in [5, 5.41) is 0. The van der Waals surface area contributed by atoms with Gasteiger partial charge in [-0.1, -0.05) is 271 Å². The number of unbranched alkanes of at least 4 members (excludes halogenated alkanes) is 30. The van der Waals surface area contributed by atoms with Gasteiger partial charge in [0.2, 0.25) is 0 Å². The summed E-state index contributed by atoms with van der Waals surface area (Å²) in [4.78, 5) is 38.3. The van der Waals surface area contributed by atoms with Crippen LogP contribution >= 0.6 is 0 Å². The Labute approximate surface area is 457 Å². The number of allylic oxidation sites excluding steroid dienone is 18. The molecule has 0 amide bonds. The van der Waals surface area contributed by atoms with Gasteiger partial charge in [-0.25, -0.2) is 0 Å². The van der Waals surface area contributed by atoms with Crippen molar-refractivity contribution in [3.8, 4) is 0 Å². The Hall–Kier alpha value is -3.93. The minimum absolute atomic E-state index is 0.0909. The van der Waals surface area contributed by atoms with E-state index in [1.54, 1.807) is 0 Å². The Morgan fingerprint density at radius 1 is 0.297 bits per heavy atom. The molecule has 0 aromatic carbocycles. The lowest BCUT2D eigenvalue weighted by atomic mass is 10.1. The van der Waals surface area contributed by atoms with Gasteiger partial charge in [0, 0.05) is 19.3 Å². The monoisotopic (exact) mass is 1030 g/mol. The summed E-state index contributed by atoms with van der Waals surface area (Å²) in [6, 6.07) is 0. The Morgan fingerprint density at radius 2 is 0.581 bits per heavy atom. The summed E-state index contributed by atoms with van der Waals surface area (Å²) in [6.07, 6.45) is 83.6. The number of carbonyl (C=O) groups is 3. The second kappa shape index (κ2) is 61.6. The van der Waals surface area contributed by atoms with E-state index in [0.29, 0.717) is 19.3 Å². The first kappa shape index (κ1) is 70.1. The van der Waals surface area contributed by atoms with Gasteiger partial charge in [-0.05, 0) is 103 Å². The first-order chi connectivity index (χ1) is 36.5. The molecule has 422 valence electrons. The van der Waals surface area contributed by atoms with Gasteiger partial charge in [-0.3, -0.25) is 14.4 Å². The van der Waals surface area contributed by atoms with Crippen molar-refractivity contribution >= 4 is 17.9 Å². The van der Waals surface area contributed by atoms with Crippen molar-refractivity contribution < 1.29 is 28.6 Å². The molecule has 0 aliphatic rings. The molecule has 0 rings (SSSR count). The minimum Gasteiger partial charge on any atom is -0.462 e. The first-order valence-corrected chi connectivity index (χ1v) is 31.0. The van der Waals surface area contributed by atoms with Crippen LogP contribution in [0.2, 0.25) is 0 Å². The molecule has 1 unspecified atom stereocenters. The number of carbonyl (C=O) groups excluding carboxylic acids is 3. The SMILES string of the molecule is CC/C=C\C/C=C\C/C=C\CCCCCCCCCCCC(=O)OCC(COC(=O)CCCCCCC\C=C/C=C\C=C/C=C\CCCCC)OC(=O)CCCCCCCCCCCC/C=C\C=C/CCCCC. The van der Waals surface area contributed by atoms with Crippen LogP contribution in [0.4, 0.5) is 0 Å². The zero-order valence-corrected chi connectivity index (χ0v) is 48.3. The molecule has 0 radical (unpaired) electrons. The van der Waals surface area contributed by atoms with E-state index in [-0.39, 0.29) is 31.1 Å². The lowest BCUT2D eigenvalue weighted by Crippen LogP contribution is -2.30. The molecule has 0 aromatic rings. The molecule has 0 saturated heterocycles. The van der Waals surface area contributed by atoms with E-state index in [1.807, 2.05) is 0 Å². The van der Waals surface area contributed by atoms with Crippen LogP contribution in [0, 0.1) is 0 Å². The quantitative estimate of drug-likeness (QED) is 0.0199. The topological polar surface area (TPSA) is 78.9 Å². The van der Waals surface area contributed by atoms with Crippen LogP contribution in [0.25, 0.3) is 0 Å². The third-order valence-electron chi connectivity index (χ3n) is 13.1. The Bertz CT molecular complexity index is 1510. The van der Waals surface area contributed by atoms with Crippen molar-refractivity contribution in [2.45, 2.75) is 290 Å². The van der Waals surface area contributed by atoms with E-state index < -0.39 is 6.10 Å². The van der Waals surface area contributed by atoms with Crippen LogP contribution in [0.5, 0.6) is 0 Å². The van der Waals surface area contributed by atoms with Crippen molar-refractivity contribution in [3.63, 3.8) is 0 Å². The van der Waals surface area contributed by atoms with Gasteiger partial charge in [0.05, 0.1) is 0 Å². The number of esters is 3. The Morgan fingerprint density at radius 3 is 0.959 bits per heavy atom. The van der Waals surface area contributed by atoms with Crippen LogP contribution in [0.1, 0.15) is 284 Å². The van der Waals surface area contributed by atoms with Crippen LogP contribution in [-0.4, -0.2) is 37.2 Å². The van der Waals surface area contributed by atoms with Gasteiger partial charge in [-0.15, -0.1) is 0 Å². The van der Waals surface area contributed by atoms with Crippen molar-refractivity contribution in [2.24, 2.45) is 0 Å². The number of hydrogen-bond acceptors (Lipinski definition) is 6. The van der Waals surface area contributed by atoms with Crippen LogP contribution in [-0.2, 0) is 28.6 Å². The maximum Gasteiger partial charge on any atom is 0.306 e. The van der Waals surface area contributed by atoms with E-state index in [4.69, 9.17) is 14.2 Å². The van der Waals surface area contributed by atoms with E-state index in [2.05, 4.69) is 130 Å². The predicted molar refractivity (Wildman–Crippen MR) is 320 cm³/mol. The number of hydrogen-bond donors (Lipinski definition) is 0. The molecule has 0 spiro atoms. The number of rotatable bonds is 55. The van der Waals surface area contributed by atoms with Gasteiger partial charge in [-0.2, -0.15) is 0 Å². The summed E-state index contributed by atoms with van der Waals surface area (Å²) >= 11 is 0. The van der Waals surface area contributed by atoms with Gasteiger partial charge in [0.15, 0.2) is 6.10 Å². The molecule has 0 aliphatic carbocycles. The highest BCUT2D eigenvalue weighted by Gasteiger charge is 2.19. The van der Waals surface area contributed by atoms with Gasteiger partial charge in [0.1, 0.15) is 13.2 Å². The molecule has 74 heavy (non-hydrogen) atoms.